The van der Waals surface area contributed by atoms with Crippen LogP contribution in [0.1, 0.15) is 58.1 Å². The van der Waals surface area contributed by atoms with Gasteiger partial charge in [-0.25, -0.2) is 0 Å². The van der Waals surface area contributed by atoms with E-state index in [4.69, 9.17) is 0 Å². The van der Waals surface area contributed by atoms with Crippen LogP contribution in [0.5, 0.6) is 0 Å². The number of aryl methyl sites for hydroxylation is 2. The molecule has 4 nitrogen and oxygen atoms in total. The number of aromatic nitrogens is 2. The molecule has 0 saturated carbocycles. The van der Waals surface area contributed by atoms with Crippen LogP contribution in [0.4, 0.5) is 0 Å². The SMILES string of the molecule is C1=NCCO1.CCCCCc1ccn(CCCCC)n1. The molecule has 0 aromatic carbocycles. The molecule has 0 radical (unpaired) electrons. The van der Waals surface area contributed by atoms with Crippen LogP contribution in [0, 0.1) is 0 Å². The van der Waals surface area contributed by atoms with E-state index in [0.29, 0.717) is 0 Å². The quantitative estimate of drug-likeness (QED) is 0.678. The molecule has 20 heavy (non-hydrogen) atoms. The third-order valence-electron chi connectivity index (χ3n) is 3.21. The summed E-state index contributed by atoms with van der Waals surface area (Å²) in [5.41, 5.74) is 1.26. The molecule has 1 aromatic rings. The molecule has 0 bridgehead atoms. The molecule has 114 valence electrons. The Hall–Kier alpha value is -1.32. The van der Waals surface area contributed by atoms with Gasteiger partial charge in [-0.15, -0.1) is 0 Å². The smallest absolute Gasteiger partial charge is 0.169 e. The molecule has 1 aliphatic heterocycles. The van der Waals surface area contributed by atoms with E-state index in [0.717, 1.165) is 26.1 Å². The molecule has 0 aliphatic carbocycles. The van der Waals surface area contributed by atoms with Gasteiger partial charge in [0, 0.05) is 12.7 Å². The first-order valence-corrected chi connectivity index (χ1v) is 7.99. The number of rotatable bonds is 8. The van der Waals surface area contributed by atoms with Gasteiger partial charge in [0.05, 0.1) is 12.2 Å². The van der Waals surface area contributed by atoms with Gasteiger partial charge in [0.2, 0.25) is 0 Å². The first kappa shape index (κ1) is 16.7. The summed E-state index contributed by atoms with van der Waals surface area (Å²) in [5.74, 6) is 0. The van der Waals surface area contributed by atoms with E-state index in [2.05, 4.69) is 45.6 Å². The highest BCUT2D eigenvalue weighted by Gasteiger charge is 1.98. The van der Waals surface area contributed by atoms with Crippen LogP contribution < -0.4 is 0 Å². The first-order chi connectivity index (χ1) is 9.86. The molecule has 1 aromatic heterocycles. The summed E-state index contributed by atoms with van der Waals surface area (Å²) in [4.78, 5) is 3.74. The van der Waals surface area contributed by atoms with Crippen molar-refractivity contribution in [2.75, 3.05) is 13.2 Å². The summed E-state index contributed by atoms with van der Waals surface area (Å²) in [6.45, 7) is 7.18. The standard InChI is InChI=1S/C13H24N2.C3H5NO/c1-3-5-7-9-13-10-12-15(14-13)11-8-6-4-2;1-2-5-3-4-1/h10,12H,3-9,11H2,1-2H3;3H,1-2H2. The van der Waals surface area contributed by atoms with E-state index in [9.17, 15) is 0 Å². The molecule has 0 atom stereocenters. The lowest BCUT2D eigenvalue weighted by atomic mass is 10.2. The van der Waals surface area contributed by atoms with Crippen LogP contribution >= 0.6 is 0 Å². The molecule has 0 saturated heterocycles. The highest BCUT2D eigenvalue weighted by Crippen LogP contribution is 2.05. The van der Waals surface area contributed by atoms with Gasteiger partial charge in [-0.3, -0.25) is 9.67 Å². The van der Waals surface area contributed by atoms with Gasteiger partial charge in [0.25, 0.3) is 0 Å². The maximum atomic E-state index is 4.65. The van der Waals surface area contributed by atoms with Gasteiger partial charge >= 0.3 is 0 Å². The highest BCUT2D eigenvalue weighted by atomic mass is 16.5. The second-order valence-corrected chi connectivity index (χ2v) is 5.12. The largest absolute Gasteiger partial charge is 0.482 e. The van der Waals surface area contributed by atoms with Crippen LogP contribution in [-0.2, 0) is 17.7 Å². The Kier molecular flexibility index (Phi) is 9.62. The molecule has 0 fully saturated rings. The summed E-state index contributed by atoms with van der Waals surface area (Å²) < 4.78 is 6.75. The lowest BCUT2D eigenvalue weighted by Gasteiger charge is -1.99. The molecule has 2 rings (SSSR count). The average Bonchev–Trinajstić information content (AvgIpc) is 3.13. The van der Waals surface area contributed by atoms with Crippen molar-refractivity contribution in [1.29, 1.82) is 0 Å². The number of ether oxygens (including phenoxy) is 1. The molecule has 4 heteroatoms. The fourth-order valence-electron chi connectivity index (χ4n) is 2.01. The maximum Gasteiger partial charge on any atom is 0.169 e. The molecule has 0 spiro atoms. The molecule has 0 unspecified atom stereocenters. The highest BCUT2D eigenvalue weighted by molar-refractivity contribution is 5.47. The number of aliphatic imine (C=N–C) groups is 1. The molecule has 2 heterocycles. The Balaban J connectivity index is 0.000000333. The first-order valence-electron chi connectivity index (χ1n) is 7.99. The average molecular weight is 279 g/mol. The van der Waals surface area contributed by atoms with Crippen molar-refractivity contribution in [3.63, 3.8) is 0 Å². The Morgan fingerprint density at radius 1 is 1.15 bits per heavy atom. The van der Waals surface area contributed by atoms with Crippen molar-refractivity contribution in [1.82, 2.24) is 9.78 Å². The molecular formula is C16H29N3O. The fraction of sp³-hybridized carbons (Fsp3) is 0.750. The zero-order valence-electron chi connectivity index (χ0n) is 13.1. The van der Waals surface area contributed by atoms with E-state index in [1.165, 1.54) is 50.6 Å². The Labute approximate surface area is 123 Å². The Morgan fingerprint density at radius 3 is 2.55 bits per heavy atom. The third-order valence-corrected chi connectivity index (χ3v) is 3.21. The summed E-state index contributed by atoms with van der Waals surface area (Å²) >= 11 is 0. The number of hydrogen-bond acceptors (Lipinski definition) is 3. The Bertz CT molecular complexity index is 330. The molecule has 0 N–H and O–H groups in total. The summed E-state index contributed by atoms with van der Waals surface area (Å²) in [6.07, 6.45) is 12.5. The fourth-order valence-corrected chi connectivity index (χ4v) is 2.01. The van der Waals surface area contributed by atoms with Crippen molar-refractivity contribution >= 4 is 6.40 Å². The van der Waals surface area contributed by atoms with Gasteiger partial charge in [-0.05, 0) is 25.3 Å². The van der Waals surface area contributed by atoms with E-state index in [1.807, 2.05) is 0 Å². The van der Waals surface area contributed by atoms with E-state index >= 15 is 0 Å². The van der Waals surface area contributed by atoms with Crippen LogP contribution in [-0.4, -0.2) is 29.3 Å². The number of nitrogens with zero attached hydrogens (tertiary/aromatic N) is 3. The van der Waals surface area contributed by atoms with Gasteiger partial charge in [0.15, 0.2) is 6.40 Å². The molecule has 0 amide bonds. The minimum atomic E-state index is 0.778. The van der Waals surface area contributed by atoms with E-state index in [-0.39, 0.29) is 0 Å². The van der Waals surface area contributed by atoms with E-state index in [1.54, 1.807) is 0 Å². The lowest BCUT2D eigenvalue weighted by molar-refractivity contribution is 0.361. The number of unbranched alkanes of at least 4 members (excludes halogenated alkanes) is 4. The number of hydrogen-bond donors (Lipinski definition) is 0. The normalized spacial score (nSPS) is 12.9. The maximum absolute atomic E-state index is 4.65. The van der Waals surface area contributed by atoms with Crippen LogP contribution in [0.25, 0.3) is 0 Å². The van der Waals surface area contributed by atoms with Crippen molar-refractivity contribution in [3.05, 3.63) is 18.0 Å². The second-order valence-electron chi connectivity index (χ2n) is 5.12. The van der Waals surface area contributed by atoms with Crippen molar-refractivity contribution in [2.45, 2.75) is 65.3 Å². The lowest BCUT2D eigenvalue weighted by Crippen LogP contribution is -1.99. The van der Waals surface area contributed by atoms with Crippen LogP contribution in [0.15, 0.2) is 17.3 Å². The summed E-state index contributed by atoms with van der Waals surface area (Å²) in [7, 11) is 0. The predicted molar refractivity (Wildman–Crippen MR) is 84.3 cm³/mol. The van der Waals surface area contributed by atoms with Gasteiger partial charge < -0.3 is 4.74 Å². The zero-order valence-corrected chi connectivity index (χ0v) is 13.1. The third kappa shape index (κ3) is 7.97. The van der Waals surface area contributed by atoms with Crippen molar-refractivity contribution < 1.29 is 4.74 Å². The van der Waals surface area contributed by atoms with Crippen molar-refractivity contribution in [3.8, 4) is 0 Å². The summed E-state index contributed by atoms with van der Waals surface area (Å²) in [6, 6.07) is 2.17. The van der Waals surface area contributed by atoms with Crippen LogP contribution in [0.2, 0.25) is 0 Å². The minimum Gasteiger partial charge on any atom is -0.482 e. The van der Waals surface area contributed by atoms with Gasteiger partial charge in [-0.2, -0.15) is 5.10 Å². The minimum absolute atomic E-state index is 0.778. The van der Waals surface area contributed by atoms with Crippen LogP contribution in [0.3, 0.4) is 0 Å². The predicted octanol–water partition coefficient (Wildman–Crippen LogP) is 3.85. The zero-order chi connectivity index (χ0) is 14.5. The molecule has 1 aliphatic rings. The Morgan fingerprint density at radius 2 is 1.95 bits per heavy atom. The second kappa shape index (κ2) is 11.5. The van der Waals surface area contributed by atoms with Crippen molar-refractivity contribution in [2.24, 2.45) is 4.99 Å². The summed E-state index contributed by atoms with van der Waals surface area (Å²) in [5, 5.41) is 4.57. The van der Waals surface area contributed by atoms with Gasteiger partial charge in [-0.1, -0.05) is 39.5 Å². The topological polar surface area (TPSA) is 39.4 Å². The monoisotopic (exact) mass is 279 g/mol. The molecular weight excluding hydrogens is 250 g/mol. The van der Waals surface area contributed by atoms with E-state index < -0.39 is 0 Å². The van der Waals surface area contributed by atoms with Gasteiger partial charge in [0.1, 0.15) is 6.61 Å².